The highest BCUT2D eigenvalue weighted by molar-refractivity contribution is 5.94. The zero-order valence-corrected chi connectivity index (χ0v) is 18.5. The van der Waals surface area contributed by atoms with Gasteiger partial charge in [-0.05, 0) is 68.1 Å². The molecular weight excluding hydrogens is 455 g/mol. The molecule has 0 radical (unpaired) electrons. The monoisotopic (exact) mass is 480 g/mol. The molecule has 1 saturated carbocycles. The van der Waals surface area contributed by atoms with Crippen LogP contribution in [-0.2, 0) is 6.18 Å². The van der Waals surface area contributed by atoms with E-state index in [1.807, 2.05) is 0 Å². The van der Waals surface area contributed by atoms with E-state index < -0.39 is 30.3 Å². The van der Waals surface area contributed by atoms with Crippen molar-refractivity contribution in [1.82, 2.24) is 5.32 Å². The van der Waals surface area contributed by atoms with Gasteiger partial charge in [0.2, 0.25) is 0 Å². The number of carbonyl (C=O) groups excluding carboxylic acids is 1. The van der Waals surface area contributed by atoms with Crippen LogP contribution in [0.1, 0.15) is 47.2 Å². The zero-order valence-electron chi connectivity index (χ0n) is 18.5. The molecule has 182 valence electrons. The van der Waals surface area contributed by atoms with Gasteiger partial charge in [0, 0.05) is 36.1 Å². The average molecular weight is 480 g/mol. The van der Waals surface area contributed by atoms with Crippen LogP contribution in [0.15, 0.2) is 42.5 Å². The van der Waals surface area contributed by atoms with Gasteiger partial charge in [-0.2, -0.15) is 18.4 Å². The maximum Gasteiger partial charge on any atom is 0.417 e. The summed E-state index contributed by atoms with van der Waals surface area (Å²) in [6.07, 6.45) is -4.45. The minimum atomic E-state index is -4.61. The number of hydrogen-bond acceptors (Lipinski definition) is 4. The normalized spacial score (nSPS) is 18.3. The van der Waals surface area contributed by atoms with Crippen LogP contribution in [0.2, 0.25) is 0 Å². The Morgan fingerprint density at radius 1 is 1.09 bits per heavy atom. The van der Waals surface area contributed by atoms with Gasteiger partial charge in [0.05, 0.1) is 23.7 Å². The predicted molar refractivity (Wildman–Crippen MR) is 119 cm³/mol. The number of alkyl halides is 5. The number of rotatable bonds is 7. The van der Waals surface area contributed by atoms with E-state index in [0.29, 0.717) is 42.6 Å². The molecule has 1 fully saturated rings. The van der Waals surface area contributed by atoms with Gasteiger partial charge in [-0.15, -0.1) is 0 Å². The third-order valence-corrected chi connectivity index (χ3v) is 5.86. The van der Waals surface area contributed by atoms with Crippen molar-refractivity contribution in [1.29, 1.82) is 5.26 Å². The summed E-state index contributed by atoms with van der Waals surface area (Å²) in [6.45, 7) is -0.400. The summed E-state index contributed by atoms with van der Waals surface area (Å²) in [4.78, 5) is 14.0. The lowest BCUT2D eigenvalue weighted by Crippen LogP contribution is -2.40. The van der Waals surface area contributed by atoms with E-state index in [1.165, 1.54) is 11.0 Å². The maximum absolute atomic E-state index is 13.2. The number of nitriles is 1. The van der Waals surface area contributed by atoms with Crippen molar-refractivity contribution in [3.05, 3.63) is 59.2 Å². The molecule has 0 aromatic heterocycles. The van der Waals surface area contributed by atoms with Crippen molar-refractivity contribution in [3.63, 3.8) is 0 Å². The zero-order chi connectivity index (χ0) is 24.9. The van der Waals surface area contributed by atoms with Gasteiger partial charge < -0.3 is 15.5 Å². The van der Waals surface area contributed by atoms with E-state index in [2.05, 4.69) is 10.6 Å². The van der Waals surface area contributed by atoms with Crippen molar-refractivity contribution >= 4 is 17.3 Å². The first kappa shape index (κ1) is 25.3. The lowest BCUT2D eigenvalue weighted by atomic mass is 9.90. The molecule has 0 aliphatic heterocycles. The van der Waals surface area contributed by atoms with Crippen molar-refractivity contribution < 1.29 is 26.7 Å². The minimum absolute atomic E-state index is 0.0492. The second-order valence-electron chi connectivity index (χ2n) is 8.35. The minimum Gasteiger partial charge on any atom is -0.382 e. The van der Waals surface area contributed by atoms with Crippen LogP contribution in [0.3, 0.4) is 0 Å². The fourth-order valence-corrected chi connectivity index (χ4v) is 4.03. The Balaban J connectivity index is 1.52. The smallest absolute Gasteiger partial charge is 0.382 e. The Morgan fingerprint density at radius 2 is 1.71 bits per heavy atom. The van der Waals surface area contributed by atoms with Crippen LogP contribution >= 0.6 is 0 Å². The highest BCUT2D eigenvalue weighted by atomic mass is 19.4. The molecule has 10 heteroatoms. The average Bonchev–Trinajstić information content (AvgIpc) is 2.79. The van der Waals surface area contributed by atoms with Crippen LogP contribution in [0.5, 0.6) is 0 Å². The van der Waals surface area contributed by atoms with Gasteiger partial charge in [-0.25, -0.2) is 8.78 Å². The molecule has 0 saturated heterocycles. The van der Waals surface area contributed by atoms with Crippen LogP contribution in [0, 0.1) is 11.3 Å². The first-order chi connectivity index (χ1) is 16.1. The summed E-state index contributed by atoms with van der Waals surface area (Å²) >= 11 is 0. The number of halogens is 5. The molecule has 1 amide bonds. The number of anilines is 2. The fraction of sp³-hybridized carbons (Fsp3) is 0.417. The molecule has 0 spiro atoms. The number of hydrogen-bond donors (Lipinski definition) is 2. The number of nitrogens with zero attached hydrogens (tertiary/aromatic N) is 2. The third-order valence-electron chi connectivity index (χ3n) is 5.86. The standard InChI is InChI=1S/C24H25F5N4O/c1-33(14-22(25)26)20-10-3-15(4-11-20)23(34)32-18-8-6-17(7-9-18)31-19-5-2-16(13-30)21(12-19)24(27,28)29/h2-5,10-12,17-18,22,31H,6-9,14H2,1H3,(H,32,34). The summed E-state index contributed by atoms with van der Waals surface area (Å²) in [5, 5.41) is 15.0. The molecule has 1 aliphatic carbocycles. The van der Waals surface area contributed by atoms with E-state index in [0.717, 1.165) is 12.1 Å². The topological polar surface area (TPSA) is 68.2 Å². The summed E-state index contributed by atoms with van der Waals surface area (Å²) in [7, 11) is 1.55. The highest BCUT2D eigenvalue weighted by Gasteiger charge is 2.34. The van der Waals surface area contributed by atoms with Crippen molar-refractivity contribution in [2.24, 2.45) is 0 Å². The molecule has 0 bridgehead atoms. The SMILES string of the molecule is CN(CC(F)F)c1ccc(C(=O)NC2CCC(Nc3ccc(C#N)c(C(F)(F)F)c3)CC2)cc1. The van der Waals surface area contributed by atoms with Gasteiger partial charge >= 0.3 is 6.18 Å². The Kier molecular flexibility index (Phi) is 7.97. The molecular formula is C24H25F5N4O. The summed E-state index contributed by atoms with van der Waals surface area (Å²) in [5.74, 6) is -0.263. The van der Waals surface area contributed by atoms with Crippen molar-refractivity contribution in [2.75, 3.05) is 23.8 Å². The van der Waals surface area contributed by atoms with Gasteiger partial charge in [0.15, 0.2) is 0 Å². The number of amides is 1. The molecule has 2 N–H and O–H groups in total. The molecule has 1 aliphatic rings. The quantitative estimate of drug-likeness (QED) is 0.519. The Labute approximate surface area is 194 Å². The maximum atomic E-state index is 13.2. The molecule has 5 nitrogen and oxygen atoms in total. The first-order valence-electron chi connectivity index (χ1n) is 10.8. The summed E-state index contributed by atoms with van der Waals surface area (Å²) in [5.41, 5.74) is -0.0760. The van der Waals surface area contributed by atoms with E-state index >= 15 is 0 Å². The number of carbonyl (C=O) groups is 1. The molecule has 2 aromatic carbocycles. The summed E-state index contributed by atoms with van der Waals surface area (Å²) < 4.78 is 64.5. The van der Waals surface area contributed by atoms with Gasteiger partial charge in [0.1, 0.15) is 0 Å². The van der Waals surface area contributed by atoms with E-state index in [1.54, 1.807) is 37.4 Å². The molecule has 0 atom stereocenters. The second kappa shape index (κ2) is 10.7. The Bertz CT molecular complexity index is 1030. The van der Waals surface area contributed by atoms with Crippen LogP contribution in [0.25, 0.3) is 0 Å². The van der Waals surface area contributed by atoms with E-state index in [-0.39, 0.29) is 18.0 Å². The first-order valence-corrected chi connectivity index (χ1v) is 10.8. The van der Waals surface area contributed by atoms with Gasteiger partial charge in [0.25, 0.3) is 12.3 Å². The molecule has 3 rings (SSSR count). The second-order valence-corrected chi connectivity index (χ2v) is 8.35. The van der Waals surface area contributed by atoms with Crippen molar-refractivity contribution in [2.45, 2.75) is 50.4 Å². The fourth-order valence-electron chi connectivity index (χ4n) is 4.03. The third kappa shape index (κ3) is 6.59. The van der Waals surface area contributed by atoms with Crippen LogP contribution < -0.4 is 15.5 Å². The van der Waals surface area contributed by atoms with E-state index in [4.69, 9.17) is 5.26 Å². The number of benzene rings is 2. The van der Waals surface area contributed by atoms with E-state index in [9.17, 15) is 26.7 Å². The van der Waals surface area contributed by atoms with Gasteiger partial charge in [-0.1, -0.05) is 0 Å². The van der Waals surface area contributed by atoms with Gasteiger partial charge in [-0.3, -0.25) is 4.79 Å². The highest BCUT2D eigenvalue weighted by Crippen LogP contribution is 2.34. The summed E-state index contributed by atoms with van der Waals surface area (Å²) in [6, 6.07) is 11.4. The number of nitrogens with one attached hydrogen (secondary N) is 2. The van der Waals surface area contributed by atoms with Crippen LogP contribution in [-0.4, -0.2) is 38.0 Å². The molecule has 0 heterocycles. The molecule has 2 aromatic rings. The Hall–Kier alpha value is -3.35. The lowest BCUT2D eigenvalue weighted by molar-refractivity contribution is -0.137. The van der Waals surface area contributed by atoms with Crippen molar-refractivity contribution in [3.8, 4) is 6.07 Å². The largest absolute Gasteiger partial charge is 0.417 e. The predicted octanol–water partition coefficient (Wildman–Crippen LogP) is 5.43. The Morgan fingerprint density at radius 3 is 2.26 bits per heavy atom. The lowest BCUT2D eigenvalue weighted by Gasteiger charge is -2.30. The van der Waals surface area contributed by atoms with Crippen LogP contribution in [0.4, 0.5) is 33.3 Å². The molecule has 0 unspecified atom stereocenters. The molecule has 34 heavy (non-hydrogen) atoms.